The van der Waals surface area contributed by atoms with Gasteiger partial charge in [0, 0.05) is 30.2 Å². The topological polar surface area (TPSA) is 60.2 Å². The van der Waals surface area contributed by atoms with E-state index in [2.05, 4.69) is 15.3 Å². The van der Waals surface area contributed by atoms with Crippen molar-refractivity contribution in [3.8, 4) is 11.8 Å². The fraction of sp³-hybridized carbons (Fsp3) is 0.250. The van der Waals surface area contributed by atoms with Crippen LogP contribution >= 0.6 is 0 Å². The van der Waals surface area contributed by atoms with Crippen LogP contribution in [0.25, 0.3) is 10.9 Å². The maximum Gasteiger partial charge on any atom is 0.399 e. The molecule has 106 valence electrons. The van der Waals surface area contributed by atoms with Gasteiger partial charge >= 0.3 is 6.08 Å². The zero-order valence-electron chi connectivity index (χ0n) is 11.5. The highest BCUT2D eigenvalue weighted by Gasteiger charge is 2.20. The van der Waals surface area contributed by atoms with Crippen molar-refractivity contribution >= 4 is 10.9 Å². The third-order valence-electron chi connectivity index (χ3n) is 3.46. The van der Waals surface area contributed by atoms with Crippen molar-refractivity contribution < 1.29 is 9.15 Å². The Labute approximate surface area is 122 Å². The zero-order chi connectivity index (χ0) is 14.1. The van der Waals surface area contributed by atoms with Gasteiger partial charge in [-0.3, -0.25) is 4.98 Å². The molecule has 5 nitrogen and oxygen atoms in total. The van der Waals surface area contributed by atoms with E-state index in [0.29, 0.717) is 11.8 Å². The Hall–Kier alpha value is -2.40. The lowest BCUT2D eigenvalue weighted by Crippen LogP contribution is -2.15. The number of nitrogens with zero attached hydrogens (tertiary/aromatic N) is 2. The molecule has 5 heteroatoms. The van der Waals surface area contributed by atoms with E-state index < -0.39 is 0 Å². The molecule has 0 unspecified atom stereocenters. The van der Waals surface area contributed by atoms with E-state index in [0.717, 1.165) is 23.1 Å². The Kier molecular flexibility index (Phi) is 3.05. The summed E-state index contributed by atoms with van der Waals surface area (Å²) in [5.74, 6) is 0.671. The monoisotopic (exact) mass is 281 g/mol. The summed E-state index contributed by atoms with van der Waals surface area (Å²) < 4.78 is 11.0. The van der Waals surface area contributed by atoms with Crippen LogP contribution in [0.5, 0.6) is 11.8 Å². The van der Waals surface area contributed by atoms with Gasteiger partial charge in [-0.25, -0.2) is 0 Å². The largest absolute Gasteiger partial charge is 0.417 e. The van der Waals surface area contributed by atoms with E-state index in [1.807, 2.05) is 30.3 Å². The van der Waals surface area contributed by atoms with Gasteiger partial charge in [0.05, 0.1) is 11.2 Å². The molecule has 2 aromatic heterocycles. The van der Waals surface area contributed by atoms with Gasteiger partial charge in [-0.05, 0) is 31.0 Å². The SMILES string of the molecule is c1cnc2cc(Oc3nc(CNC4CC4)co3)ccc2c1. The number of oxazole rings is 1. The van der Waals surface area contributed by atoms with Crippen molar-refractivity contribution in [1.29, 1.82) is 0 Å². The molecule has 1 saturated carbocycles. The van der Waals surface area contributed by atoms with Crippen LogP contribution in [-0.2, 0) is 6.54 Å². The van der Waals surface area contributed by atoms with Gasteiger partial charge in [0.1, 0.15) is 12.0 Å². The molecule has 1 aliphatic rings. The Balaban J connectivity index is 1.48. The molecule has 2 heterocycles. The van der Waals surface area contributed by atoms with E-state index in [4.69, 9.17) is 9.15 Å². The van der Waals surface area contributed by atoms with Crippen LogP contribution in [0.2, 0.25) is 0 Å². The summed E-state index contributed by atoms with van der Waals surface area (Å²) in [4.78, 5) is 8.62. The highest BCUT2D eigenvalue weighted by Crippen LogP contribution is 2.24. The summed E-state index contributed by atoms with van der Waals surface area (Å²) in [6.07, 6.45) is 6.16. The first-order valence-corrected chi connectivity index (χ1v) is 7.07. The van der Waals surface area contributed by atoms with E-state index in [9.17, 15) is 0 Å². The van der Waals surface area contributed by atoms with Crippen LogP contribution in [0, 0.1) is 0 Å². The molecule has 0 spiro atoms. The molecule has 1 fully saturated rings. The zero-order valence-corrected chi connectivity index (χ0v) is 11.5. The van der Waals surface area contributed by atoms with Crippen LogP contribution in [0.1, 0.15) is 18.5 Å². The molecular weight excluding hydrogens is 266 g/mol. The highest BCUT2D eigenvalue weighted by molar-refractivity contribution is 5.79. The Morgan fingerprint density at radius 3 is 3.14 bits per heavy atom. The number of pyridine rings is 1. The van der Waals surface area contributed by atoms with E-state index in [1.165, 1.54) is 12.8 Å². The first kappa shape index (κ1) is 12.3. The minimum Gasteiger partial charge on any atom is -0.417 e. The molecule has 1 N–H and O–H groups in total. The van der Waals surface area contributed by atoms with Crippen molar-refractivity contribution in [2.24, 2.45) is 0 Å². The van der Waals surface area contributed by atoms with E-state index in [-0.39, 0.29) is 6.08 Å². The number of hydrogen-bond acceptors (Lipinski definition) is 5. The second kappa shape index (κ2) is 5.18. The van der Waals surface area contributed by atoms with Crippen molar-refractivity contribution in [3.05, 3.63) is 48.5 Å². The number of benzene rings is 1. The number of aromatic nitrogens is 2. The van der Waals surface area contributed by atoms with E-state index in [1.54, 1.807) is 12.5 Å². The summed E-state index contributed by atoms with van der Waals surface area (Å²) in [6, 6.07) is 10.3. The molecule has 0 saturated heterocycles. The molecule has 0 radical (unpaired) electrons. The second-order valence-electron chi connectivity index (χ2n) is 5.22. The first-order valence-electron chi connectivity index (χ1n) is 7.07. The van der Waals surface area contributed by atoms with Gasteiger partial charge in [0.2, 0.25) is 0 Å². The molecule has 1 aliphatic carbocycles. The minimum atomic E-state index is 0.262. The van der Waals surface area contributed by atoms with Crippen molar-refractivity contribution in [2.75, 3.05) is 0 Å². The minimum absolute atomic E-state index is 0.262. The molecule has 21 heavy (non-hydrogen) atoms. The molecule has 0 bridgehead atoms. The normalized spacial score (nSPS) is 14.5. The quantitative estimate of drug-likeness (QED) is 0.777. The maximum absolute atomic E-state index is 5.64. The van der Waals surface area contributed by atoms with Gasteiger partial charge < -0.3 is 14.5 Å². The van der Waals surface area contributed by atoms with Gasteiger partial charge in [0.25, 0.3) is 0 Å². The van der Waals surface area contributed by atoms with Crippen LogP contribution in [-0.4, -0.2) is 16.0 Å². The molecule has 1 aromatic carbocycles. The fourth-order valence-electron chi connectivity index (χ4n) is 2.16. The van der Waals surface area contributed by atoms with E-state index >= 15 is 0 Å². The predicted octanol–water partition coefficient (Wildman–Crippen LogP) is 3.27. The number of rotatable bonds is 5. The lowest BCUT2D eigenvalue weighted by atomic mass is 10.2. The second-order valence-corrected chi connectivity index (χ2v) is 5.22. The third-order valence-corrected chi connectivity index (χ3v) is 3.46. The average molecular weight is 281 g/mol. The molecule has 0 amide bonds. The van der Waals surface area contributed by atoms with Crippen molar-refractivity contribution in [3.63, 3.8) is 0 Å². The van der Waals surface area contributed by atoms with Crippen LogP contribution in [0.3, 0.4) is 0 Å². The predicted molar refractivity (Wildman–Crippen MR) is 78.2 cm³/mol. The third kappa shape index (κ3) is 2.87. The van der Waals surface area contributed by atoms with Crippen molar-refractivity contribution in [2.45, 2.75) is 25.4 Å². The maximum atomic E-state index is 5.64. The summed E-state index contributed by atoms with van der Waals surface area (Å²) in [6.45, 7) is 0.719. The molecule has 0 atom stereocenters. The molecule has 4 rings (SSSR count). The first-order chi connectivity index (χ1) is 10.4. The summed E-state index contributed by atoms with van der Waals surface area (Å²) in [7, 11) is 0. The Morgan fingerprint density at radius 2 is 2.24 bits per heavy atom. The Bertz CT molecular complexity index is 765. The molecule has 0 aliphatic heterocycles. The Morgan fingerprint density at radius 1 is 1.29 bits per heavy atom. The summed E-state index contributed by atoms with van der Waals surface area (Å²) >= 11 is 0. The van der Waals surface area contributed by atoms with Gasteiger partial charge in [0.15, 0.2) is 0 Å². The van der Waals surface area contributed by atoms with Gasteiger partial charge in [-0.1, -0.05) is 6.07 Å². The average Bonchev–Trinajstić information content (AvgIpc) is 3.25. The molecule has 3 aromatic rings. The molecular formula is C16H15N3O2. The van der Waals surface area contributed by atoms with Crippen LogP contribution in [0.4, 0.5) is 0 Å². The summed E-state index contributed by atoms with van der Waals surface area (Å²) in [5, 5.41) is 4.46. The number of nitrogens with one attached hydrogen (secondary N) is 1. The lowest BCUT2D eigenvalue weighted by Gasteiger charge is -2.02. The van der Waals surface area contributed by atoms with Crippen LogP contribution in [0.15, 0.2) is 47.2 Å². The number of fused-ring (bicyclic) bond motifs is 1. The van der Waals surface area contributed by atoms with Gasteiger partial charge in [-0.2, -0.15) is 4.98 Å². The fourth-order valence-corrected chi connectivity index (χ4v) is 2.16. The lowest BCUT2D eigenvalue weighted by molar-refractivity contribution is 0.331. The number of hydrogen-bond donors (Lipinski definition) is 1. The van der Waals surface area contributed by atoms with Gasteiger partial charge in [-0.15, -0.1) is 0 Å². The number of ether oxygens (including phenoxy) is 1. The standard InChI is InChI=1S/C16H15N3O2/c1-2-11-3-6-14(8-15(11)17-7-1)21-16-19-13(10-20-16)9-18-12-4-5-12/h1-3,6-8,10,12,18H,4-5,9H2. The van der Waals surface area contributed by atoms with Crippen molar-refractivity contribution in [1.82, 2.24) is 15.3 Å². The van der Waals surface area contributed by atoms with Crippen LogP contribution < -0.4 is 10.1 Å². The highest BCUT2D eigenvalue weighted by atomic mass is 16.6. The summed E-state index contributed by atoms with van der Waals surface area (Å²) in [5.41, 5.74) is 1.74. The smallest absolute Gasteiger partial charge is 0.399 e.